The summed E-state index contributed by atoms with van der Waals surface area (Å²) in [7, 11) is 0. The summed E-state index contributed by atoms with van der Waals surface area (Å²) in [6, 6.07) is 18.5. The van der Waals surface area contributed by atoms with E-state index in [1.807, 2.05) is 42.6 Å². The molecular formula is C25H26N4O2. The molecule has 1 saturated carbocycles. The fraction of sp³-hybridized carbons (Fsp3) is 0.280. The minimum atomic E-state index is -0.171. The fourth-order valence-corrected chi connectivity index (χ4v) is 4.12. The second kappa shape index (κ2) is 8.78. The van der Waals surface area contributed by atoms with Crippen LogP contribution in [0.3, 0.4) is 0 Å². The highest BCUT2D eigenvalue weighted by Gasteiger charge is 2.20. The molecule has 158 valence electrons. The summed E-state index contributed by atoms with van der Waals surface area (Å²) in [5.41, 5.74) is 4.06. The maximum Gasteiger partial charge on any atom is 0.223 e. The van der Waals surface area contributed by atoms with E-state index in [1.165, 1.54) is 0 Å². The molecule has 5 rings (SSSR count). The van der Waals surface area contributed by atoms with Gasteiger partial charge in [-0.05, 0) is 55.5 Å². The van der Waals surface area contributed by atoms with Gasteiger partial charge in [-0.15, -0.1) is 0 Å². The molecule has 0 radical (unpaired) electrons. The number of aromatic nitrogens is 3. The van der Waals surface area contributed by atoms with Crippen LogP contribution in [-0.2, 0) is 6.61 Å². The zero-order valence-corrected chi connectivity index (χ0v) is 17.3. The van der Waals surface area contributed by atoms with Crippen molar-refractivity contribution in [3.05, 3.63) is 72.6 Å². The highest BCUT2D eigenvalue weighted by molar-refractivity contribution is 5.95. The molecule has 1 aliphatic carbocycles. The van der Waals surface area contributed by atoms with Gasteiger partial charge in [0, 0.05) is 34.9 Å². The second-order valence-electron chi connectivity index (χ2n) is 8.10. The van der Waals surface area contributed by atoms with Gasteiger partial charge in [0.2, 0.25) is 5.95 Å². The first kappa shape index (κ1) is 19.6. The number of hydrogen-bond acceptors (Lipinski definition) is 5. The first-order chi connectivity index (χ1) is 15.2. The van der Waals surface area contributed by atoms with Gasteiger partial charge in [-0.2, -0.15) is 0 Å². The lowest BCUT2D eigenvalue weighted by Crippen LogP contribution is -2.28. The molecule has 3 N–H and O–H groups in total. The highest BCUT2D eigenvalue weighted by atomic mass is 16.5. The van der Waals surface area contributed by atoms with Crippen molar-refractivity contribution in [3.8, 4) is 17.0 Å². The number of ether oxygens (including phenoxy) is 1. The number of nitrogens with zero attached hydrogens (tertiary/aromatic N) is 2. The molecule has 6 nitrogen and oxygen atoms in total. The van der Waals surface area contributed by atoms with Crippen molar-refractivity contribution in [1.82, 2.24) is 15.0 Å². The Morgan fingerprint density at radius 1 is 1.03 bits per heavy atom. The summed E-state index contributed by atoms with van der Waals surface area (Å²) >= 11 is 0. The molecule has 0 spiro atoms. The topological polar surface area (TPSA) is 83.1 Å². The van der Waals surface area contributed by atoms with E-state index in [4.69, 9.17) is 9.72 Å². The standard InChI is InChI=1S/C25H26N4O2/c30-19-8-6-18(7-9-19)28-25-26-13-12-24(29-25)22-15-27-23-11-10-20(14-21(22)23)31-16-17-4-2-1-3-5-17/h1-5,10-15,18-19,27,30H,6-9,16H2,(H,26,28,29). The number of fused-ring (bicyclic) bond motifs is 1. The van der Waals surface area contributed by atoms with E-state index in [2.05, 4.69) is 33.5 Å². The highest BCUT2D eigenvalue weighted by Crippen LogP contribution is 2.31. The Balaban J connectivity index is 1.36. The predicted octanol–water partition coefficient (Wildman–Crippen LogP) is 4.92. The Labute approximate surface area is 181 Å². The monoisotopic (exact) mass is 414 g/mol. The van der Waals surface area contributed by atoms with Crippen LogP contribution in [0.1, 0.15) is 31.2 Å². The van der Waals surface area contributed by atoms with Gasteiger partial charge in [0.05, 0.1) is 11.8 Å². The maximum absolute atomic E-state index is 9.72. The zero-order chi connectivity index (χ0) is 21.0. The fourth-order valence-electron chi connectivity index (χ4n) is 4.12. The minimum absolute atomic E-state index is 0.171. The molecule has 31 heavy (non-hydrogen) atoms. The van der Waals surface area contributed by atoms with Gasteiger partial charge in [0.25, 0.3) is 0 Å². The zero-order valence-electron chi connectivity index (χ0n) is 17.3. The van der Waals surface area contributed by atoms with Crippen LogP contribution >= 0.6 is 0 Å². The van der Waals surface area contributed by atoms with Crippen LogP contribution in [0.4, 0.5) is 5.95 Å². The van der Waals surface area contributed by atoms with Crippen LogP contribution in [0.2, 0.25) is 0 Å². The van der Waals surface area contributed by atoms with Gasteiger partial charge in [-0.25, -0.2) is 9.97 Å². The molecule has 2 heterocycles. The molecule has 0 amide bonds. The average molecular weight is 415 g/mol. The van der Waals surface area contributed by atoms with E-state index < -0.39 is 0 Å². The second-order valence-corrected chi connectivity index (χ2v) is 8.10. The first-order valence-electron chi connectivity index (χ1n) is 10.8. The van der Waals surface area contributed by atoms with E-state index in [-0.39, 0.29) is 6.10 Å². The lowest BCUT2D eigenvalue weighted by molar-refractivity contribution is 0.126. The largest absolute Gasteiger partial charge is 0.489 e. The molecule has 0 unspecified atom stereocenters. The Bertz CT molecular complexity index is 1150. The third-order valence-electron chi connectivity index (χ3n) is 5.86. The number of hydrogen-bond donors (Lipinski definition) is 3. The Hall–Kier alpha value is -3.38. The van der Waals surface area contributed by atoms with Crippen molar-refractivity contribution in [2.24, 2.45) is 0 Å². The molecule has 4 aromatic rings. The lowest BCUT2D eigenvalue weighted by atomic mass is 9.93. The summed E-state index contributed by atoms with van der Waals surface area (Å²) < 4.78 is 6.01. The van der Waals surface area contributed by atoms with Crippen molar-refractivity contribution in [3.63, 3.8) is 0 Å². The quantitative estimate of drug-likeness (QED) is 0.417. The SMILES string of the molecule is OC1CCC(Nc2nccc(-c3c[nH]c4ccc(OCc5ccccc5)cc34)n2)CC1. The number of nitrogens with one attached hydrogen (secondary N) is 2. The van der Waals surface area contributed by atoms with Gasteiger partial charge >= 0.3 is 0 Å². The summed E-state index contributed by atoms with van der Waals surface area (Å²) in [6.07, 6.45) is 7.12. The molecule has 0 atom stereocenters. The van der Waals surface area contributed by atoms with Crippen molar-refractivity contribution in [1.29, 1.82) is 0 Å². The van der Waals surface area contributed by atoms with Gasteiger partial charge in [-0.3, -0.25) is 0 Å². The predicted molar refractivity (Wildman–Crippen MR) is 122 cm³/mol. The number of aliphatic hydroxyl groups is 1. The number of aliphatic hydroxyl groups excluding tert-OH is 1. The molecular weight excluding hydrogens is 388 g/mol. The van der Waals surface area contributed by atoms with E-state index in [0.717, 1.165) is 59.2 Å². The number of rotatable bonds is 6. The van der Waals surface area contributed by atoms with E-state index in [1.54, 1.807) is 6.20 Å². The number of aromatic amines is 1. The number of H-pyrrole nitrogens is 1. The maximum atomic E-state index is 9.72. The third kappa shape index (κ3) is 4.54. The molecule has 0 bridgehead atoms. The van der Waals surface area contributed by atoms with E-state index in [9.17, 15) is 5.11 Å². The Kier molecular flexibility index (Phi) is 5.54. The lowest BCUT2D eigenvalue weighted by Gasteiger charge is -2.26. The third-order valence-corrected chi connectivity index (χ3v) is 5.86. The number of benzene rings is 2. The summed E-state index contributed by atoms with van der Waals surface area (Å²) in [6.45, 7) is 0.532. The van der Waals surface area contributed by atoms with Crippen LogP contribution in [0, 0.1) is 0 Å². The van der Waals surface area contributed by atoms with Gasteiger partial charge in [0.1, 0.15) is 12.4 Å². The average Bonchev–Trinajstić information content (AvgIpc) is 3.23. The minimum Gasteiger partial charge on any atom is -0.489 e. The molecule has 0 saturated heterocycles. The summed E-state index contributed by atoms with van der Waals surface area (Å²) in [5, 5.41) is 14.2. The van der Waals surface area contributed by atoms with Gasteiger partial charge in [-0.1, -0.05) is 30.3 Å². The van der Waals surface area contributed by atoms with Crippen LogP contribution in [0.5, 0.6) is 5.75 Å². The van der Waals surface area contributed by atoms with Crippen molar-refractivity contribution in [2.45, 2.75) is 44.4 Å². The first-order valence-corrected chi connectivity index (χ1v) is 10.8. The Morgan fingerprint density at radius 3 is 2.71 bits per heavy atom. The van der Waals surface area contributed by atoms with Crippen molar-refractivity contribution >= 4 is 16.9 Å². The van der Waals surface area contributed by atoms with Crippen LogP contribution < -0.4 is 10.1 Å². The smallest absolute Gasteiger partial charge is 0.223 e. The number of anilines is 1. The summed E-state index contributed by atoms with van der Waals surface area (Å²) in [5.74, 6) is 1.45. The Morgan fingerprint density at radius 2 is 1.87 bits per heavy atom. The van der Waals surface area contributed by atoms with Crippen molar-refractivity contribution in [2.75, 3.05) is 5.32 Å². The van der Waals surface area contributed by atoms with Crippen LogP contribution in [0.15, 0.2) is 67.0 Å². The van der Waals surface area contributed by atoms with E-state index in [0.29, 0.717) is 18.6 Å². The molecule has 2 aromatic heterocycles. The van der Waals surface area contributed by atoms with E-state index >= 15 is 0 Å². The van der Waals surface area contributed by atoms with Crippen LogP contribution in [-0.4, -0.2) is 32.2 Å². The van der Waals surface area contributed by atoms with Gasteiger partial charge in [0.15, 0.2) is 0 Å². The van der Waals surface area contributed by atoms with Gasteiger partial charge < -0.3 is 20.1 Å². The molecule has 2 aromatic carbocycles. The van der Waals surface area contributed by atoms with Crippen LogP contribution in [0.25, 0.3) is 22.2 Å². The molecule has 1 aliphatic rings. The molecule has 6 heteroatoms. The van der Waals surface area contributed by atoms with Crippen molar-refractivity contribution < 1.29 is 9.84 Å². The molecule has 1 fully saturated rings. The molecule has 0 aliphatic heterocycles. The normalized spacial score (nSPS) is 18.7. The summed E-state index contributed by atoms with van der Waals surface area (Å²) in [4.78, 5) is 12.5.